The van der Waals surface area contributed by atoms with Crippen molar-refractivity contribution in [1.29, 1.82) is 0 Å². The van der Waals surface area contributed by atoms with Crippen LogP contribution in [-0.4, -0.2) is 31.3 Å². The average Bonchev–Trinajstić information content (AvgIpc) is 2.87. The van der Waals surface area contributed by atoms with E-state index in [-0.39, 0.29) is 5.41 Å². The lowest BCUT2D eigenvalue weighted by molar-refractivity contribution is -0.158. The highest BCUT2D eigenvalue weighted by molar-refractivity contribution is 5.83. The lowest BCUT2D eigenvalue weighted by atomic mass is 9.75. The van der Waals surface area contributed by atoms with Gasteiger partial charge in [-0.2, -0.15) is 0 Å². The normalized spacial score (nSPS) is 21.6. The molecule has 0 fully saturated rings. The quantitative estimate of drug-likeness (QED) is 0.772. The molecule has 0 radical (unpaired) electrons. The number of methoxy groups -OCH3 is 2. The van der Waals surface area contributed by atoms with E-state index in [0.717, 1.165) is 11.3 Å². The first-order chi connectivity index (χ1) is 9.79. The minimum atomic E-state index is -0.587. The predicted octanol–water partition coefficient (Wildman–Crippen LogP) is 1.65. The Hall–Kier alpha value is -1.85. The van der Waals surface area contributed by atoms with E-state index in [1.807, 2.05) is 20.8 Å². The minimum absolute atomic E-state index is 0.185. The fraction of sp³-hybridized carbons (Fsp3) is 0.667. The Bertz CT molecular complexity index is 555. The van der Waals surface area contributed by atoms with Crippen molar-refractivity contribution >= 4 is 11.9 Å². The van der Waals surface area contributed by atoms with Crippen LogP contribution >= 0.6 is 0 Å². The molecule has 6 nitrogen and oxygen atoms in total. The summed E-state index contributed by atoms with van der Waals surface area (Å²) >= 11 is 0. The van der Waals surface area contributed by atoms with Gasteiger partial charge in [-0.25, -0.2) is 0 Å². The van der Waals surface area contributed by atoms with Gasteiger partial charge in [0.05, 0.1) is 31.7 Å². The van der Waals surface area contributed by atoms with Crippen LogP contribution < -0.4 is 0 Å². The number of esters is 2. The van der Waals surface area contributed by atoms with E-state index in [4.69, 9.17) is 14.0 Å². The maximum absolute atomic E-state index is 12.0. The second kappa shape index (κ2) is 5.50. The fourth-order valence-corrected chi connectivity index (χ4v) is 2.81. The van der Waals surface area contributed by atoms with Crippen molar-refractivity contribution in [3.8, 4) is 0 Å². The molecule has 0 bridgehead atoms. The summed E-state index contributed by atoms with van der Waals surface area (Å²) in [5.41, 5.74) is 1.56. The summed E-state index contributed by atoms with van der Waals surface area (Å²) in [6, 6.07) is 0. The van der Waals surface area contributed by atoms with Crippen molar-refractivity contribution in [2.24, 2.45) is 11.8 Å². The molecule has 0 spiro atoms. The third-order valence-electron chi connectivity index (χ3n) is 3.90. The van der Waals surface area contributed by atoms with Gasteiger partial charge in [0.15, 0.2) is 0 Å². The van der Waals surface area contributed by atoms with E-state index >= 15 is 0 Å². The summed E-state index contributed by atoms with van der Waals surface area (Å²) in [4.78, 5) is 23.9. The van der Waals surface area contributed by atoms with Crippen LogP contribution in [0.4, 0.5) is 0 Å². The van der Waals surface area contributed by atoms with Crippen LogP contribution in [0.15, 0.2) is 4.52 Å². The summed E-state index contributed by atoms with van der Waals surface area (Å²) in [7, 11) is 2.64. The number of aromatic nitrogens is 1. The molecule has 0 saturated heterocycles. The highest BCUT2D eigenvalue weighted by Gasteiger charge is 2.43. The van der Waals surface area contributed by atoms with Gasteiger partial charge in [-0.05, 0) is 6.42 Å². The summed E-state index contributed by atoms with van der Waals surface area (Å²) in [6.45, 7) is 6.10. The van der Waals surface area contributed by atoms with Crippen molar-refractivity contribution < 1.29 is 23.6 Å². The Labute approximate surface area is 123 Å². The number of rotatable bonds is 2. The molecule has 6 heteroatoms. The van der Waals surface area contributed by atoms with Crippen LogP contribution in [0.25, 0.3) is 0 Å². The molecule has 1 aliphatic carbocycles. The molecular weight excluding hydrogens is 274 g/mol. The van der Waals surface area contributed by atoms with Gasteiger partial charge < -0.3 is 14.0 Å². The lowest BCUT2D eigenvalue weighted by Gasteiger charge is -2.28. The van der Waals surface area contributed by atoms with Gasteiger partial charge in [0.2, 0.25) is 0 Å². The number of ether oxygens (including phenoxy) is 2. The molecule has 1 aromatic rings. The molecule has 1 aromatic heterocycles. The number of carbonyl (C=O) groups excluding carboxylic acids is 2. The Morgan fingerprint density at radius 3 is 2.10 bits per heavy atom. The zero-order valence-electron chi connectivity index (χ0n) is 13.1. The van der Waals surface area contributed by atoms with Crippen LogP contribution in [0.3, 0.4) is 0 Å². The lowest BCUT2D eigenvalue weighted by Crippen LogP contribution is -2.38. The topological polar surface area (TPSA) is 78.6 Å². The fourth-order valence-electron chi connectivity index (χ4n) is 2.81. The van der Waals surface area contributed by atoms with Gasteiger partial charge in [-0.15, -0.1) is 0 Å². The molecule has 0 amide bonds. The third-order valence-corrected chi connectivity index (χ3v) is 3.90. The SMILES string of the molecule is COC(=O)[C@@H]1Cc2onc(C(C)(C)C)c2C[C@H]1C(=O)OC. The Kier molecular flexibility index (Phi) is 4.07. The Morgan fingerprint density at radius 1 is 1.10 bits per heavy atom. The molecule has 1 heterocycles. The maximum Gasteiger partial charge on any atom is 0.310 e. The van der Waals surface area contributed by atoms with Crippen LogP contribution in [0.2, 0.25) is 0 Å². The van der Waals surface area contributed by atoms with Crippen LogP contribution in [0.1, 0.15) is 37.8 Å². The number of fused-ring (bicyclic) bond motifs is 1. The molecule has 0 saturated carbocycles. The van der Waals surface area contributed by atoms with E-state index in [0.29, 0.717) is 18.6 Å². The minimum Gasteiger partial charge on any atom is -0.469 e. The van der Waals surface area contributed by atoms with Crippen molar-refractivity contribution in [2.75, 3.05) is 14.2 Å². The van der Waals surface area contributed by atoms with E-state index in [1.54, 1.807) is 0 Å². The van der Waals surface area contributed by atoms with E-state index in [9.17, 15) is 9.59 Å². The molecule has 0 N–H and O–H groups in total. The molecular formula is C15H21NO5. The monoisotopic (exact) mass is 295 g/mol. The van der Waals surface area contributed by atoms with Crippen molar-refractivity contribution in [2.45, 2.75) is 39.0 Å². The molecule has 2 rings (SSSR count). The van der Waals surface area contributed by atoms with Crippen molar-refractivity contribution in [3.05, 3.63) is 17.0 Å². The van der Waals surface area contributed by atoms with Gasteiger partial charge in [0, 0.05) is 17.4 Å². The average molecular weight is 295 g/mol. The highest BCUT2D eigenvalue weighted by atomic mass is 16.5. The summed E-state index contributed by atoms with van der Waals surface area (Å²) in [5, 5.41) is 4.13. The molecule has 0 aromatic carbocycles. The zero-order valence-corrected chi connectivity index (χ0v) is 13.1. The van der Waals surface area contributed by atoms with E-state index < -0.39 is 23.8 Å². The number of carbonyl (C=O) groups is 2. The van der Waals surface area contributed by atoms with Gasteiger partial charge >= 0.3 is 11.9 Å². The number of nitrogens with zero attached hydrogens (tertiary/aromatic N) is 1. The first-order valence-corrected chi connectivity index (χ1v) is 6.93. The zero-order chi connectivity index (χ0) is 15.8. The summed E-state index contributed by atoms with van der Waals surface area (Å²) in [6.07, 6.45) is 0.697. The summed E-state index contributed by atoms with van der Waals surface area (Å²) in [5.74, 6) is -1.32. The van der Waals surface area contributed by atoms with Crippen LogP contribution in [0, 0.1) is 11.8 Å². The van der Waals surface area contributed by atoms with Gasteiger partial charge in [0.1, 0.15) is 5.76 Å². The Morgan fingerprint density at radius 2 is 1.62 bits per heavy atom. The standard InChI is InChI=1S/C15H21NO5/c1-15(2,3)12-10-6-8(13(17)19-4)9(14(18)20-5)7-11(10)21-16-12/h8-9H,6-7H2,1-5H3/t8-,9-/m1/s1. The Balaban J connectivity index is 2.42. The predicted molar refractivity (Wildman–Crippen MR) is 73.6 cm³/mol. The number of hydrogen-bond acceptors (Lipinski definition) is 6. The van der Waals surface area contributed by atoms with Gasteiger partial charge in [0.25, 0.3) is 0 Å². The largest absolute Gasteiger partial charge is 0.469 e. The van der Waals surface area contributed by atoms with Crippen molar-refractivity contribution in [1.82, 2.24) is 5.16 Å². The van der Waals surface area contributed by atoms with E-state index in [2.05, 4.69) is 5.16 Å². The molecule has 1 aliphatic rings. The second-order valence-electron chi connectivity index (χ2n) is 6.35. The van der Waals surface area contributed by atoms with E-state index in [1.165, 1.54) is 14.2 Å². The van der Waals surface area contributed by atoms with Gasteiger partial charge in [-0.1, -0.05) is 25.9 Å². The first kappa shape index (κ1) is 15.5. The summed E-state index contributed by atoms with van der Waals surface area (Å²) < 4.78 is 15.0. The molecule has 0 unspecified atom stereocenters. The smallest absolute Gasteiger partial charge is 0.310 e. The maximum atomic E-state index is 12.0. The second-order valence-corrected chi connectivity index (χ2v) is 6.35. The van der Waals surface area contributed by atoms with Gasteiger partial charge in [-0.3, -0.25) is 9.59 Å². The third kappa shape index (κ3) is 2.80. The highest BCUT2D eigenvalue weighted by Crippen LogP contribution is 2.37. The van der Waals surface area contributed by atoms with Crippen LogP contribution in [-0.2, 0) is 37.3 Å². The van der Waals surface area contributed by atoms with Crippen molar-refractivity contribution in [3.63, 3.8) is 0 Å². The molecule has 116 valence electrons. The van der Waals surface area contributed by atoms with Crippen LogP contribution in [0.5, 0.6) is 0 Å². The number of hydrogen-bond donors (Lipinski definition) is 0. The molecule has 21 heavy (non-hydrogen) atoms. The first-order valence-electron chi connectivity index (χ1n) is 6.93. The molecule has 2 atom stereocenters. The molecule has 0 aliphatic heterocycles.